The Morgan fingerprint density at radius 3 is 2.60 bits per heavy atom. The van der Waals surface area contributed by atoms with E-state index in [9.17, 15) is 4.79 Å². The van der Waals surface area contributed by atoms with Crippen LogP contribution in [0.2, 0.25) is 0 Å². The molecule has 0 aliphatic carbocycles. The van der Waals surface area contributed by atoms with Gasteiger partial charge in [-0.15, -0.1) is 0 Å². The molecule has 0 aromatic heterocycles. The molecule has 1 rings (SSSR count). The fourth-order valence-electron chi connectivity index (χ4n) is 1.71. The first-order valence-electron chi connectivity index (χ1n) is 6.99. The van der Waals surface area contributed by atoms with Crippen LogP contribution in [0.5, 0.6) is 0 Å². The first-order chi connectivity index (χ1) is 9.67. The van der Waals surface area contributed by atoms with Crippen molar-refractivity contribution in [1.82, 2.24) is 0 Å². The van der Waals surface area contributed by atoms with E-state index < -0.39 is 5.97 Å². The van der Waals surface area contributed by atoms with Gasteiger partial charge in [-0.25, -0.2) is 9.79 Å². The zero-order valence-electron chi connectivity index (χ0n) is 12.2. The minimum absolute atomic E-state index is 0.126. The maximum absolute atomic E-state index is 11.5. The van der Waals surface area contributed by atoms with Crippen LogP contribution in [-0.2, 0) is 9.53 Å². The molecule has 0 atom stereocenters. The van der Waals surface area contributed by atoms with Gasteiger partial charge in [0.25, 0.3) is 0 Å². The van der Waals surface area contributed by atoms with Gasteiger partial charge in [0.05, 0.1) is 6.61 Å². The molecule has 0 saturated heterocycles. The normalized spacial score (nSPS) is 12.3. The zero-order chi connectivity index (χ0) is 14.8. The predicted molar refractivity (Wildman–Crippen MR) is 80.5 cm³/mol. The third kappa shape index (κ3) is 5.69. The predicted octanol–water partition coefficient (Wildman–Crippen LogP) is 1.44. The lowest BCUT2D eigenvalue weighted by molar-refractivity contribution is -0.354. The minimum atomic E-state index is -0.476. The first kappa shape index (κ1) is 16.0. The molecule has 0 aliphatic heterocycles. The lowest BCUT2D eigenvalue weighted by Gasteiger charge is -2.01. The number of unbranched alkanes of at least 4 members (excludes halogenated alkanes) is 1. The van der Waals surface area contributed by atoms with Crippen molar-refractivity contribution in [3.05, 3.63) is 42.1 Å². The van der Waals surface area contributed by atoms with E-state index in [0.717, 1.165) is 30.7 Å². The lowest BCUT2D eigenvalue weighted by atomic mass is 10.1. The molecule has 3 N–H and O–H groups in total. The van der Waals surface area contributed by atoms with E-state index in [1.807, 2.05) is 30.3 Å². The number of carbonyl (C=O) groups is 1. The Morgan fingerprint density at radius 2 is 2.00 bits per heavy atom. The van der Waals surface area contributed by atoms with Crippen LogP contribution in [0.3, 0.4) is 0 Å². The number of esters is 1. The molecule has 0 unspecified atom stereocenters. The quantitative estimate of drug-likeness (QED) is 0.449. The van der Waals surface area contributed by atoms with Crippen LogP contribution in [0, 0.1) is 0 Å². The molecule has 20 heavy (non-hydrogen) atoms. The standard InChI is InChI=1S/C16H22N2O2/c1-3-5-9-14(12-15(17)16(19)20-4-2)18-13-10-7-6-8-11-13/h6-8,10-12H,3-5,9,17H2,1-2H3/p+1/b15-12-,18-14?. The number of ether oxygens (including phenoxy) is 1. The third-order valence-electron chi connectivity index (χ3n) is 2.72. The summed E-state index contributed by atoms with van der Waals surface area (Å²) in [6.45, 7) is 4.21. The van der Waals surface area contributed by atoms with Gasteiger partial charge in [-0.3, -0.25) is 0 Å². The molecule has 1 aromatic carbocycles. The highest BCUT2D eigenvalue weighted by Gasteiger charge is 2.11. The molecule has 4 heteroatoms. The second-order valence-corrected chi connectivity index (χ2v) is 4.44. The molecular weight excluding hydrogens is 252 g/mol. The highest BCUT2D eigenvalue weighted by molar-refractivity contribution is 5.99. The Hall–Kier alpha value is -2.10. The first-order valence-corrected chi connectivity index (χ1v) is 6.99. The highest BCUT2D eigenvalue weighted by Crippen LogP contribution is 2.00. The van der Waals surface area contributed by atoms with Crippen LogP contribution < -0.4 is 10.7 Å². The zero-order valence-corrected chi connectivity index (χ0v) is 12.2. The monoisotopic (exact) mass is 275 g/mol. The minimum Gasteiger partial charge on any atom is -0.461 e. The molecule has 0 bridgehead atoms. The molecular formula is C16H23N2O2+. The number of benzene rings is 1. The van der Waals surface area contributed by atoms with Crippen molar-refractivity contribution in [2.75, 3.05) is 6.61 Å². The molecule has 0 amide bonds. The summed E-state index contributed by atoms with van der Waals surface area (Å²) in [5.41, 5.74) is 7.78. The van der Waals surface area contributed by atoms with Crippen molar-refractivity contribution >= 4 is 17.4 Å². The maximum atomic E-state index is 11.5. The topological polar surface area (TPSA) is 66.3 Å². The third-order valence-corrected chi connectivity index (χ3v) is 2.72. The molecule has 0 radical (unpaired) electrons. The lowest BCUT2D eigenvalue weighted by Crippen LogP contribution is -2.66. The van der Waals surface area contributed by atoms with Crippen molar-refractivity contribution in [1.29, 1.82) is 0 Å². The molecule has 108 valence electrons. The van der Waals surface area contributed by atoms with Gasteiger partial charge in [0, 0.05) is 24.6 Å². The van der Waals surface area contributed by atoms with E-state index in [1.54, 1.807) is 13.0 Å². The number of nitrogens with two attached hydrogens (primary N) is 1. The van der Waals surface area contributed by atoms with Gasteiger partial charge in [-0.2, -0.15) is 0 Å². The summed E-state index contributed by atoms with van der Waals surface area (Å²) >= 11 is 0. The van der Waals surface area contributed by atoms with Crippen LogP contribution >= 0.6 is 0 Å². The van der Waals surface area contributed by atoms with Gasteiger partial charge in [-0.05, 0) is 13.3 Å². The van der Waals surface area contributed by atoms with Crippen LogP contribution in [-0.4, -0.2) is 18.3 Å². The maximum Gasteiger partial charge on any atom is 0.354 e. The van der Waals surface area contributed by atoms with Gasteiger partial charge in [-0.1, -0.05) is 31.5 Å². The van der Waals surface area contributed by atoms with Crippen LogP contribution in [0.4, 0.5) is 5.69 Å². The van der Waals surface area contributed by atoms with Gasteiger partial charge in [0.2, 0.25) is 5.69 Å². The highest BCUT2D eigenvalue weighted by atomic mass is 16.5. The van der Waals surface area contributed by atoms with Gasteiger partial charge < -0.3 is 10.5 Å². The number of carbonyl (C=O) groups excluding carboxylic acids is 1. The summed E-state index contributed by atoms with van der Waals surface area (Å²) in [6.07, 6.45) is 4.61. The Balaban J connectivity index is 2.92. The van der Waals surface area contributed by atoms with Crippen LogP contribution in [0.25, 0.3) is 0 Å². The van der Waals surface area contributed by atoms with Crippen LogP contribution in [0.15, 0.2) is 42.1 Å². The van der Waals surface area contributed by atoms with E-state index in [-0.39, 0.29) is 5.70 Å². The molecule has 0 spiro atoms. The number of nitrogens with one attached hydrogen (secondary N) is 1. The fraction of sp³-hybridized carbons (Fsp3) is 0.375. The molecule has 4 nitrogen and oxygen atoms in total. The average Bonchev–Trinajstić information content (AvgIpc) is 2.46. The number of hydrogen-bond acceptors (Lipinski definition) is 3. The van der Waals surface area contributed by atoms with E-state index in [0.29, 0.717) is 6.61 Å². The van der Waals surface area contributed by atoms with Gasteiger partial charge in [0.1, 0.15) is 5.70 Å². The van der Waals surface area contributed by atoms with Crippen molar-refractivity contribution in [3.63, 3.8) is 0 Å². The summed E-state index contributed by atoms with van der Waals surface area (Å²) in [4.78, 5) is 14.8. The largest absolute Gasteiger partial charge is 0.461 e. The van der Waals surface area contributed by atoms with Crippen LogP contribution in [0.1, 0.15) is 33.1 Å². The van der Waals surface area contributed by atoms with E-state index in [1.165, 1.54) is 0 Å². The Morgan fingerprint density at radius 1 is 1.30 bits per heavy atom. The van der Waals surface area contributed by atoms with Crippen molar-refractivity contribution in [2.24, 2.45) is 5.73 Å². The summed E-state index contributed by atoms with van der Waals surface area (Å²) in [5.74, 6) is -0.476. The van der Waals surface area contributed by atoms with Crippen molar-refractivity contribution in [2.45, 2.75) is 33.1 Å². The Labute approximate surface area is 120 Å². The number of hydrogen-bond donors (Lipinski definition) is 2. The molecule has 0 heterocycles. The summed E-state index contributed by atoms with van der Waals surface area (Å²) in [6, 6.07) is 9.82. The molecule has 0 fully saturated rings. The van der Waals surface area contributed by atoms with Gasteiger partial charge >= 0.3 is 5.97 Å². The molecule has 0 aliphatic rings. The molecule has 0 saturated carbocycles. The number of allylic oxidation sites excluding steroid dienone is 1. The Kier molecular flexibility index (Phi) is 7.11. The van der Waals surface area contributed by atoms with E-state index in [4.69, 9.17) is 10.5 Å². The summed E-state index contributed by atoms with van der Waals surface area (Å²) < 4.78 is 4.89. The fourth-order valence-corrected chi connectivity index (χ4v) is 1.71. The summed E-state index contributed by atoms with van der Waals surface area (Å²) in [7, 11) is 0. The van der Waals surface area contributed by atoms with Gasteiger partial charge in [0.15, 0.2) is 5.71 Å². The smallest absolute Gasteiger partial charge is 0.354 e. The number of para-hydroxylation sites is 1. The van der Waals surface area contributed by atoms with E-state index in [2.05, 4.69) is 11.9 Å². The molecule has 1 aromatic rings. The summed E-state index contributed by atoms with van der Waals surface area (Å²) in [5, 5.41) is 0. The Bertz CT molecular complexity index is 479. The van der Waals surface area contributed by atoms with Crippen molar-refractivity contribution < 1.29 is 14.5 Å². The van der Waals surface area contributed by atoms with E-state index >= 15 is 0 Å². The number of rotatable bonds is 7. The SMILES string of the molecule is CCCCC(/C=C(\N)C(=O)OCC)=[NH+]c1ccccc1. The second-order valence-electron chi connectivity index (χ2n) is 4.44. The second kappa shape index (κ2) is 8.91. The van der Waals surface area contributed by atoms with Crippen molar-refractivity contribution in [3.8, 4) is 0 Å². The average molecular weight is 275 g/mol.